The van der Waals surface area contributed by atoms with E-state index in [4.69, 9.17) is 9.15 Å². The van der Waals surface area contributed by atoms with Crippen molar-refractivity contribution in [2.45, 2.75) is 45.0 Å². The lowest BCUT2D eigenvalue weighted by Crippen LogP contribution is -2.22. The number of fused-ring (bicyclic) bond motifs is 1. The van der Waals surface area contributed by atoms with Crippen molar-refractivity contribution in [2.75, 3.05) is 20.2 Å². The van der Waals surface area contributed by atoms with E-state index in [2.05, 4.69) is 9.88 Å². The zero-order valence-corrected chi connectivity index (χ0v) is 14.0. The molecule has 4 nitrogen and oxygen atoms in total. The SMILES string of the molecule is CO[C@H]1CCN(Cc2cc(C(F)(F)F)c3oc(C(C)C)nc3c2)C1. The van der Waals surface area contributed by atoms with E-state index in [1.165, 1.54) is 6.07 Å². The molecule has 1 aliphatic rings. The van der Waals surface area contributed by atoms with E-state index in [0.29, 0.717) is 18.0 Å². The summed E-state index contributed by atoms with van der Waals surface area (Å²) >= 11 is 0. The lowest BCUT2D eigenvalue weighted by molar-refractivity contribution is -0.136. The van der Waals surface area contributed by atoms with Gasteiger partial charge < -0.3 is 9.15 Å². The zero-order chi connectivity index (χ0) is 17.5. The first-order valence-electron chi connectivity index (χ1n) is 8.03. The third-order valence-corrected chi connectivity index (χ3v) is 4.33. The van der Waals surface area contributed by atoms with Crippen LogP contribution in [0, 0.1) is 0 Å². The molecule has 2 aromatic rings. The number of likely N-dealkylation sites (tertiary alicyclic amines) is 1. The van der Waals surface area contributed by atoms with Gasteiger partial charge in [0.25, 0.3) is 0 Å². The molecule has 3 rings (SSSR count). The number of halogens is 3. The number of aromatic nitrogens is 1. The molecule has 1 aliphatic heterocycles. The van der Waals surface area contributed by atoms with E-state index in [-0.39, 0.29) is 23.1 Å². The molecular weight excluding hydrogens is 321 g/mol. The molecule has 0 unspecified atom stereocenters. The molecule has 7 heteroatoms. The second kappa shape index (κ2) is 6.37. The number of methoxy groups -OCH3 is 1. The van der Waals surface area contributed by atoms with E-state index in [1.807, 2.05) is 13.8 Å². The highest BCUT2D eigenvalue weighted by molar-refractivity contribution is 5.78. The van der Waals surface area contributed by atoms with Crippen LogP contribution in [0.15, 0.2) is 16.5 Å². The number of benzene rings is 1. The molecule has 1 saturated heterocycles. The van der Waals surface area contributed by atoms with Crippen LogP contribution in [0.4, 0.5) is 13.2 Å². The second-order valence-electron chi connectivity index (χ2n) is 6.58. The Morgan fingerprint density at radius 3 is 2.71 bits per heavy atom. The summed E-state index contributed by atoms with van der Waals surface area (Å²) in [5, 5.41) is 0. The first-order chi connectivity index (χ1) is 11.3. The fourth-order valence-electron chi connectivity index (χ4n) is 3.05. The standard InChI is InChI=1S/C17H21F3N2O2/c1-10(2)16-21-14-7-11(8-22-5-4-12(9-22)23-3)6-13(15(14)24-16)17(18,19)20/h6-7,10,12H,4-5,8-9H2,1-3H3/t12-/m0/s1. The average molecular weight is 342 g/mol. The third-order valence-electron chi connectivity index (χ3n) is 4.33. The third kappa shape index (κ3) is 3.42. The Kier molecular flexibility index (Phi) is 4.57. The predicted octanol–water partition coefficient (Wildman–Crippen LogP) is 4.19. The molecule has 24 heavy (non-hydrogen) atoms. The van der Waals surface area contributed by atoms with Crippen molar-refractivity contribution in [1.29, 1.82) is 0 Å². The predicted molar refractivity (Wildman–Crippen MR) is 83.8 cm³/mol. The molecule has 132 valence electrons. The van der Waals surface area contributed by atoms with Crippen molar-refractivity contribution < 1.29 is 22.3 Å². The van der Waals surface area contributed by atoms with Crippen molar-refractivity contribution in [3.05, 3.63) is 29.2 Å². The number of rotatable bonds is 4. The fourth-order valence-corrected chi connectivity index (χ4v) is 3.05. The van der Waals surface area contributed by atoms with Crippen LogP contribution in [0.5, 0.6) is 0 Å². The van der Waals surface area contributed by atoms with E-state index in [0.717, 1.165) is 19.5 Å². The summed E-state index contributed by atoms with van der Waals surface area (Å²) in [5.74, 6) is 0.260. The van der Waals surface area contributed by atoms with Gasteiger partial charge in [0.15, 0.2) is 11.5 Å². The number of ether oxygens (including phenoxy) is 1. The van der Waals surface area contributed by atoms with Gasteiger partial charge in [-0.15, -0.1) is 0 Å². The molecule has 0 spiro atoms. The highest BCUT2D eigenvalue weighted by Gasteiger charge is 2.36. The van der Waals surface area contributed by atoms with Gasteiger partial charge in [-0.25, -0.2) is 4.98 Å². The molecule has 0 amide bonds. The average Bonchev–Trinajstić information content (AvgIpc) is 3.11. The van der Waals surface area contributed by atoms with Crippen molar-refractivity contribution in [2.24, 2.45) is 0 Å². The largest absolute Gasteiger partial charge is 0.440 e. The summed E-state index contributed by atoms with van der Waals surface area (Å²) in [5.41, 5.74) is -0.0655. The Balaban J connectivity index is 1.97. The van der Waals surface area contributed by atoms with Crippen LogP contribution in [-0.4, -0.2) is 36.2 Å². The number of hydrogen-bond donors (Lipinski definition) is 0. The van der Waals surface area contributed by atoms with Crippen LogP contribution < -0.4 is 0 Å². The number of alkyl halides is 3. The summed E-state index contributed by atoms with van der Waals surface area (Å²) < 4.78 is 50.9. The van der Waals surface area contributed by atoms with Crippen LogP contribution in [0.1, 0.15) is 43.2 Å². The van der Waals surface area contributed by atoms with Crippen molar-refractivity contribution in [1.82, 2.24) is 9.88 Å². The molecule has 2 heterocycles. The Bertz CT molecular complexity index is 724. The van der Waals surface area contributed by atoms with Gasteiger partial charge in [-0.05, 0) is 24.1 Å². The first-order valence-corrected chi connectivity index (χ1v) is 8.03. The minimum Gasteiger partial charge on any atom is -0.440 e. The summed E-state index contributed by atoms with van der Waals surface area (Å²) in [4.78, 5) is 6.34. The van der Waals surface area contributed by atoms with E-state index >= 15 is 0 Å². The minimum absolute atomic E-state index is 0.0667. The smallest absolute Gasteiger partial charge is 0.420 e. The summed E-state index contributed by atoms with van der Waals surface area (Å²) in [6.45, 7) is 5.67. The van der Waals surface area contributed by atoms with Crippen LogP contribution in [0.3, 0.4) is 0 Å². The normalized spacial score (nSPS) is 19.7. The zero-order valence-electron chi connectivity index (χ0n) is 14.0. The molecule has 1 aromatic heterocycles. The topological polar surface area (TPSA) is 38.5 Å². The van der Waals surface area contributed by atoms with Gasteiger partial charge in [-0.1, -0.05) is 13.8 Å². The van der Waals surface area contributed by atoms with E-state index < -0.39 is 11.7 Å². The summed E-state index contributed by atoms with van der Waals surface area (Å²) in [6, 6.07) is 2.87. The number of nitrogens with zero attached hydrogens (tertiary/aromatic N) is 2. The Morgan fingerprint density at radius 1 is 1.38 bits per heavy atom. The first kappa shape index (κ1) is 17.2. The van der Waals surface area contributed by atoms with Crippen molar-refractivity contribution in [3.8, 4) is 0 Å². The fraction of sp³-hybridized carbons (Fsp3) is 0.588. The van der Waals surface area contributed by atoms with Gasteiger partial charge in [-0.3, -0.25) is 4.90 Å². The molecule has 1 fully saturated rings. The maximum Gasteiger partial charge on any atom is 0.420 e. The van der Waals surface area contributed by atoms with Gasteiger partial charge in [-0.2, -0.15) is 13.2 Å². The van der Waals surface area contributed by atoms with E-state index in [9.17, 15) is 13.2 Å². The summed E-state index contributed by atoms with van der Waals surface area (Å²) in [7, 11) is 1.66. The van der Waals surface area contributed by atoms with E-state index in [1.54, 1.807) is 13.2 Å². The van der Waals surface area contributed by atoms with Gasteiger partial charge in [0.1, 0.15) is 11.1 Å². The van der Waals surface area contributed by atoms with Gasteiger partial charge in [0.05, 0.1) is 6.10 Å². The monoisotopic (exact) mass is 342 g/mol. The van der Waals surface area contributed by atoms with Crippen LogP contribution >= 0.6 is 0 Å². The van der Waals surface area contributed by atoms with Crippen molar-refractivity contribution >= 4 is 11.1 Å². The molecule has 0 N–H and O–H groups in total. The summed E-state index contributed by atoms with van der Waals surface area (Å²) in [6.07, 6.45) is -3.43. The molecule has 0 aliphatic carbocycles. The van der Waals surface area contributed by atoms with Crippen LogP contribution in [0.25, 0.3) is 11.1 Å². The quantitative estimate of drug-likeness (QED) is 0.835. The Hall–Kier alpha value is -1.60. The maximum atomic E-state index is 13.4. The number of hydrogen-bond acceptors (Lipinski definition) is 4. The molecule has 0 bridgehead atoms. The molecule has 0 radical (unpaired) electrons. The van der Waals surface area contributed by atoms with Crippen LogP contribution in [0.2, 0.25) is 0 Å². The lowest BCUT2D eigenvalue weighted by Gasteiger charge is -2.17. The highest BCUT2D eigenvalue weighted by atomic mass is 19.4. The Morgan fingerprint density at radius 2 is 2.12 bits per heavy atom. The minimum atomic E-state index is -4.47. The molecule has 1 aromatic carbocycles. The highest BCUT2D eigenvalue weighted by Crippen LogP contribution is 2.37. The van der Waals surface area contributed by atoms with Crippen LogP contribution in [-0.2, 0) is 17.5 Å². The second-order valence-corrected chi connectivity index (χ2v) is 6.58. The van der Waals surface area contributed by atoms with Gasteiger partial charge in [0, 0.05) is 32.7 Å². The molecule has 1 atom stereocenters. The Labute approximate surface area is 138 Å². The van der Waals surface area contributed by atoms with Gasteiger partial charge >= 0.3 is 6.18 Å². The molecular formula is C17H21F3N2O2. The molecule has 0 saturated carbocycles. The van der Waals surface area contributed by atoms with Crippen molar-refractivity contribution in [3.63, 3.8) is 0 Å². The lowest BCUT2D eigenvalue weighted by atomic mass is 10.1. The number of oxazole rings is 1. The van der Waals surface area contributed by atoms with Gasteiger partial charge in [0.2, 0.25) is 0 Å². The maximum absolute atomic E-state index is 13.4.